The van der Waals surface area contributed by atoms with Crippen LogP contribution in [0.2, 0.25) is 0 Å². The van der Waals surface area contributed by atoms with Crippen LogP contribution < -0.4 is 15.5 Å². The number of nitrogens with one attached hydrogen (secondary N) is 2. The van der Waals surface area contributed by atoms with Crippen LogP contribution in [0.3, 0.4) is 0 Å². The number of benzene rings is 3. The van der Waals surface area contributed by atoms with Gasteiger partial charge in [0.25, 0.3) is 0 Å². The number of nitrogens with zero attached hydrogens (tertiary/aromatic N) is 1. The smallest absolute Gasteiger partial charge is 0.326 e. The van der Waals surface area contributed by atoms with Crippen molar-refractivity contribution in [3.63, 3.8) is 0 Å². The Morgan fingerprint density at radius 3 is 1.50 bits per heavy atom. The van der Waals surface area contributed by atoms with Gasteiger partial charge in [0.1, 0.15) is 0 Å². The summed E-state index contributed by atoms with van der Waals surface area (Å²) in [5, 5.41) is 5.59. The highest BCUT2D eigenvalue weighted by atomic mass is 16.2. The Morgan fingerprint density at radius 2 is 1.08 bits per heavy atom. The third-order valence-electron chi connectivity index (χ3n) is 3.69. The van der Waals surface area contributed by atoms with Crippen molar-refractivity contribution in [2.45, 2.75) is 6.92 Å². The van der Waals surface area contributed by atoms with E-state index < -0.39 is 0 Å². The lowest BCUT2D eigenvalue weighted by molar-refractivity contribution is -0.114. The van der Waals surface area contributed by atoms with E-state index in [-0.39, 0.29) is 11.9 Å². The van der Waals surface area contributed by atoms with Crippen LogP contribution in [-0.2, 0) is 4.79 Å². The third kappa shape index (κ3) is 4.27. The number of anilines is 4. The minimum atomic E-state index is -0.269. The highest BCUT2D eigenvalue weighted by Gasteiger charge is 2.17. The molecule has 0 aliphatic heterocycles. The third-order valence-corrected chi connectivity index (χ3v) is 3.69. The number of urea groups is 1. The molecule has 0 bridgehead atoms. The second kappa shape index (κ2) is 7.98. The van der Waals surface area contributed by atoms with E-state index >= 15 is 0 Å². The molecule has 26 heavy (non-hydrogen) atoms. The SMILES string of the molecule is CC(=O)Nc1ccc(NC(=O)N(c2ccccc2)c2ccccc2)cc1. The monoisotopic (exact) mass is 345 g/mol. The van der Waals surface area contributed by atoms with E-state index in [1.807, 2.05) is 60.7 Å². The van der Waals surface area contributed by atoms with Crippen molar-refractivity contribution in [3.8, 4) is 0 Å². The summed E-state index contributed by atoms with van der Waals surface area (Å²) < 4.78 is 0. The number of rotatable bonds is 4. The normalized spacial score (nSPS) is 10.0. The van der Waals surface area contributed by atoms with Gasteiger partial charge in [0.2, 0.25) is 5.91 Å². The lowest BCUT2D eigenvalue weighted by Crippen LogP contribution is -2.30. The van der Waals surface area contributed by atoms with Crippen molar-refractivity contribution in [1.82, 2.24) is 0 Å². The van der Waals surface area contributed by atoms with E-state index in [2.05, 4.69) is 10.6 Å². The van der Waals surface area contributed by atoms with Gasteiger partial charge in [0, 0.05) is 18.3 Å². The van der Waals surface area contributed by atoms with E-state index in [0.29, 0.717) is 11.4 Å². The van der Waals surface area contributed by atoms with Gasteiger partial charge in [-0.25, -0.2) is 4.79 Å². The lowest BCUT2D eigenvalue weighted by Gasteiger charge is -2.23. The summed E-state index contributed by atoms with van der Waals surface area (Å²) in [6, 6.07) is 25.6. The number of carbonyl (C=O) groups excluding carboxylic acids is 2. The van der Waals surface area contributed by atoms with Gasteiger partial charge in [-0.3, -0.25) is 9.69 Å². The molecule has 0 unspecified atom stereocenters. The van der Waals surface area contributed by atoms with E-state index in [1.54, 1.807) is 29.2 Å². The van der Waals surface area contributed by atoms with Crippen molar-refractivity contribution in [3.05, 3.63) is 84.9 Å². The average Bonchev–Trinajstić information content (AvgIpc) is 2.65. The molecule has 5 heteroatoms. The zero-order chi connectivity index (χ0) is 18.4. The largest absolute Gasteiger partial charge is 0.330 e. The van der Waals surface area contributed by atoms with Gasteiger partial charge < -0.3 is 10.6 Å². The van der Waals surface area contributed by atoms with Crippen LogP contribution in [0.15, 0.2) is 84.9 Å². The molecule has 0 saturated carbocycles. The van der Waals surface area contributed by atoms with Gasteiger partial charge in [-0.05, 0) is 48.5 Å². The van der Waals surface area contributed by atoms with Crippen LogP contribution in [0.25, 0.3) is 0 Å². The van der Waals surface area contributed by atoms with Crippen LogP contribution in [0.4, 0.5) is 27.5 Å². The van der Waals surface area contributed by atoms with Gasteiger partial charge in [-0.2, -0.15) is 0 Å². The van der Waals surface area contributed by atoms with Crippen molar-refractivity contribution < 1.29 is 9.59 Å². The molecular formula is C21H19N3O2. The molecule has 2 N–H and O–H groups in total. The van der Waals surface area contributed by atoms with Gasteiger partial charge in [-0.15, -0.1) is 0 Å². The fraction of sp³-hybridized carbons (Fsp3) is 0.0476. The zero-order valence-corrected chi connectivity index (χ0v) is 14.3. The summed E-state index contributed by atoms with van der Waals surface area (Å²) in [7, 11) is 0. The van der Waals surface area contributed by atoms with Crippen LogP contribution in [0, 0.1) is 0 Å². The van der Waals surface area contributed by atoms with Crippen LogP contribution >= 0.6 is 0 Å². The first-order valence-electron chi connectivity index (χ1n) is 8.22. The number of amides is 3. The average molecular weight is 345 g/mol. The number of carbonyl (C=O) groups is 2. The molecule has 130 valence electrons. The summed E-state index contributed by atoms with van der Waals surface area (Å²) >= 11 is 0. The topological polar surface area (TPSA) is 61.4 Å². The van der Waals surface area contributed by atoms with E-state index in [1.165, 1.54) is 6.92 Å². The molecule has 0 atom stereocenters. The summed E-state index contributed by atoms with van der Waals surface area (Å²) in [6.07, 6.45) is 0. The quantitative estimate of drug-likeness (QED) is 0.698. The summed E-state index contributed by atoms with van der Waals surface area (Å²) in [5.74, 6) is -0.138. The molecule has 3 aromatic carbocycles. The Morgan fingerprint density at radius 1 is 0.654 bits per heavy atom. The molecule has 0 aliphatic carbocycles. The second-order valence-electron chi connectivity index (χ2n) is 5.70. The predicted octanol–water partition coefficient (Wildman–Crippen LogP) is 5.02. The van der Waals surface area contributed by atoms with Crippen LogP contribution in [-0.4, -0.2) is 11.9 Å². The Hall–Kier alpha value is -3.60. The van der Waals surface area contributed by atoms with Crippen LogP contribution in [0.1, 0.15) is 6.92 Å². The van der Waals surface area contributed by atoms with Gasteiger partial charge in [0.15, 0.2) is 0 Å². The van der Waals surface area contributed by atoms with Gasteiger partial charge in [0.05, 0.1) is 11.4 Å². The molecule has 0 heterocycles. The minimum absolute atomic E-state index is 0.138. The Kier molecular flexibility index (Phi) is 5.29. The molecular weight excluding hydrogens is 326 g/mol. The fourth-order valence-electron chi connectivity index (χ4n) is 2.56. The first-order chi connectivity index (χ1) is 12.6. The first-order valence-corrected chi connectivity index (χ1v) is 8.22. The molecule has 3 amide bonds. The second-order valence-corrected chi connectivity index (χ2v) is 5.70. The summed E-state index contributed by atoms with van der Waals surface area (Å²) in [5.41, 5.74) is 2.86. The summed E-state index contributed by atoms with van der Waals surface area (Å²) in [4.78, 5) is 25.6. The van der Waals surface area contributed by atoms with Gasteiger partial charge in [-0.1, -0.05) is 36.4 Å². The van der Waals surface area contributed by atoms with Gasteiger partial charge >= 0.3 is 6.03 Å². The Labute approximate surface area is 152 Å². The minimum Gasteiger partial charge on any atom is -0.326 e. The maximum Gasteiger partial charge on any atom is 0.330 e. The molecule has 3 aromatic rings. The van der Waals surface area contributed by atoms with Crippen LogP contribution in [0.5, 0.6) is 0 Å². The molecule has 0 fully saturated rings. The molecule has 0 spiro atoms. The van der Waals surface area contributed by atoms with Crippen molar-refractivity contribution in [2.24, 2.45) is 0 Å². The Balaban J connectivity index is 1.83. The van der Waals surface area contributed by atoms with Crippen molar-refractivity contribution in [1.29, 1.82) is 0 Å². The maximum absolute atomic E-state index is 12.9. The highest BCUT2D eigenvalue weighted by molar-refractivity contribution is 6.07. The number of hydrogen-bond acceptors (Lipinski definition) is 2. The molecule has 0 radical (unpaired) electrons. The molecule has 3 rings (SSSR count). The standard InChI is InChI=1S/C21H19N3O2/c1-16(25)22-17-12-14-18(15-13-17)23-21(26)24(19-8-4-2-5-9-19)20-10-6-3-7-11-20/h2-15H,1H3,(H,22,25)(H,23,26). The highest BCUT2D eigenvalue weighted by Crippen LogP contribution is 2.26. The number of hydrogen-bond donors (Lipinski definition) is 2. The van der Waals surface area contributed by atoms with E-state index in [4.69, 9.17) is 0 Å². The Bertz CT molecular complexity index is 839. The molecule has 0 saturated heterocycles. The molecule has 0 aromatic heterocycles. The van der Waals surface area contributed by atoms with Crippen molar-refractivity contribution in [2.75, 3.05) is 15.5 Å². The zero-order valence-electron chi connectivity index (χ0n) is 14.3. The first kappa shape index (κ1) is 17.2. The van der Waals surface area contributed by atoms with Crippen molar-refractivity contribution >= 4 is 34.7 Å². The maximum atomic E-state index is 12.9. The fourth-order valence-corrected chi connectivity index (χ4v) is 2.56. The summed E-state index contributed by atoms with van der Waals surface area (Å²) in [6.45, 7) is 1.45. The molecule has 5 nitrogen and oxygen atoms in total. The molecule has 0 aliphatic rings. The van der Waals surface area contributed by atoms with E-state index in [0.717, 1.165) is 11.4 Å². The number of para-hydroxylation sites is 2. The predicted molar refractivity (Wildman–Crippen MR) is 105 cm³/mol. The lowest BCUT2D eigenvalue weighted by atomic mass is 10.2. The van der Waals surface area contributed by atoms with E-state index in [9.17, 15) is 9.59 Å².